The number of nitrogens with one attached hydrogen (secondary N) is 1. The van der Waals surface area contributed by atoms with Gasteiger partial charge in [-0.25, -0.2) is 0 Å². The van der Waals surface area contributed by atoms with Gasteiger partial charge in [-0.3, -0.25) is 14.4 Å². The van der Waals surface area contributed by atoms with Crippen LogP contribution in [0, 0.1) is 73.9 Å². The summed E-state index contributed by atoms with van der Waals surface area (Å²) in [6, 6.07) is 2.23. The van der Waals surface area contributed by atoms with Crippen molar-refractivity contribution >= 4 is 17.5 Å². The maximum Gasteiger partial charge on any atom is 0.220 e. The molecule has 5 nitrogen and oxygen atoms in total. The van der Waals surface area contributed by atoms with Gasteiger partial charge in [-0.1, -0.05) is 54.5 Å². The maximum absolute atomic E-state index is 14.7. The number of hydrogen-bond donors (Lipinski definition) is 1. The number of amides is 1. The molecule has 4 fully saturated rings. The molecule has 0 aromatic carbocycles. The number of carbonyl (C=O) groups is 3. The van der Waals surface area contributed by atoms with Crippen LogP contribution in [0.25, 0.3) is 0 Å². The minimum Gasteiger partial charge on any atom is -0.356 e. The Bertz CT molecular complexity index is 1180. The third-order valence-electron chi connectivity index (χ3n) is 14.2. The zero-order chi connectivity index (χ0) is 29.5. The van der Waals surface area contributed by atoms with Crippen molar-refractivity contribution in [2.75, 3.05) is 6.54 Å². The first-order valence-corrected chi connectivity index (χ1v) is 16.1. The van der Waals surface area contributed by atoms with Crippen molar-refractivity contribution in [3.63, 3.8) is 0 Å². The Labute approximate surface area is 242 Å². The number of ketones is 2. The monoisotopic (exact) mass is 548 g/mol. The number of nitriles is 1. The van der Waals surface area contributed by atoms with Gasteiger partial charge in [0, 0.05) is 30.7 Å². The summed E-state index contributed by atoms with van der Waals surface area (Å²) >= 11 is 0. The highest BCUT2D eigenvalue weighted by Gasteiger charge is 2.72. The van der Waals surface area contributed by atoms with Crippen molar-refractivity contribution in [2.45, 2.75) is 113 Å². The number of allylic oxidation sites excluding steroid dienone is 2. The summed E-state index contributed by atoms with van der Waals surface area (Å²) in [6.07, 6.45) is 10.3. The number of hydrogen-bond acceptors (Lipinski definition) is 4. The van der Waals surface area contributed by atoms with Crippen molar-refractivity contribution in [2.24, 2.45) is 62.6 Å². The molecule has 0 radical (unpaired) electrons. The second-order valence-corrected chi connectivity index (χ2v) is 15.9. The molecular weight excluding hydrogens is 496 g/mol. The van der Waals surface area contributed by atoms with E-state index in [4.69, 9.17) is 0 Å². The van der Waals surface area contributed by atoms with Gasteiger partial charge in [0.05, 0.1) is 5.57 Å². The van der Waals surface area contributed by atoms with Crippen LogP contribution in [0.1, 0.15) is 113 Å². The van der Waals surface area contributed by atoms with E-state index in [2.05, 4.69) is 46.0 Å². The van der Waals surface area contributed by atoms with Gasteiger partial charge < -0.3 is 5.32 Å². The quantitative estimate of drug-likeness (QED) is 0.407. The number of Topliss-reactive ketones (excluding diaryl/α,β-unsaturated/α-hetero) is 2. The first-order valence-electron chi connectivity index (χ1n) is 16.1. The molecule has 4 saturated carbocycles. The Kier molecular flexibility index (Phi) is 7.04. The lowest BCUT2D eigenvalue weighted by Crippen LogP contribution is -2.69. The smallest absolute Gasteiger partial charge is 0.220 e. The molecule has 0 spiro atoms. The number of fused-ring (bicyclic) bond motifs is 7. The molecule has 0 aromatic heterocycles. The minimum absolute atomic E-state index is 0.00675. The molecule has 1 amide bonds. The Morgan fingerprint density at radius 3 is 2.35 bits per heavy atom. The summed E-state index contributed by atoms with van der Waals surface area (Å²) in [7, 11) is 0. The van der Waals surface area contributed by atoms with Gasteiger partial charge in [0.1, 0.15) is 11.9 Å². The first kappa shape index (κ1) is 29.5. The lowest BCUT2D eigenvalue weighted by Gasteiger charge is -2.72. The molecule has 1 N–H and O–H groups in total. The van der Waals surface area contributed by atoms with Gasteiger partial charge in [0.15, 0.2) is 5.78 Å². The van der Waals surface area contributed by atoms with E-state index in [0.29, 0.717) is 42.9 Å². The minimum atomic E-state index is -0.606. The first-order chi connectivity index (χ1) is 18.6. The van der Waals surface area contributed by atoms with Gasteiger partial charge in [0.2, 0.25) is 5.91 Å². The molecule has 5 rings (SSSR count). The fourth-order valence-electron chi connectivity index (χ4n) is 11.7. The Hall–Kier alpha value is -1.96. The average molecular weight is 549 g/mol. The standard InChI is InChI=1S/C35H52N2O3/c1-9-37-27(39)12-15-35-14-10-21(2)22(3)28(35)29-24(38)18-26-32(6)19-23(20-36)30(40)31(4,5)25(32)11-13-33(26,7)34(29,8)16-17-35/h19,21-22,25-26,28-29H,9-18H2,1-8H3,(H,37,39)/t21-,22+,25+,26?,28+,29-,32+,33-,34-,35+/m1/s1. The van der Waals surface area contributed by atoms with Crippen LogP contribution < -0.4 is 5.32 Å². The van der Waals surface area contributed by atoms with Gasteiger partial charge in [-0.15, -0.1) is 0 Å². The predicted molar refractivity (Wildman–Crippen MR) is 157 cm³/mol. The van der Waals surface area contributed by atoms with E-state index >= 15 is 0 Å². The van der Waals surface area contributed by atoms with Gasteiger partial charge >= 0.3 is 0 Å². The van der Waals surface area contributed by atoms with Crippen LogP contribution in [0.3, 0.4) is 0 Å². The molecule has 5 aliphatic carbocycles. The summed E-state index contributed by atoms with van der Waals surface area (Å²) in [6.45, 7) is 18.6. The van der Waals surface area contributed by atoms with Crippen molar-refractivity contribution in [3.8, 4) is 6.07 Å². The van der Waals surface area contributed by atoms with Gasteiger partial charge in [0.25, 0.3) is 0 Å². The molecule has 220 valence electrons. The van der Waals surface area contributed by atoms with Crippen LogP contribution >= 0.6 is 0 Å². The number of nitrogens with zero attached hydrogens (tertiary/aromatic N) is 1. The largest absolute Gasteiger partial charge is 0.356 e. The van der Waals surface area contributed by atoms with Gasteiger partial charge in [-0.05, 0) is 103 Å². The van der Waals surface area contributed by atoms with E-state index < -0.39 is 5.41 Å². The molecule has 5 heteroatoms. The van der Waals surface area contributed by atoms with Crippen molar-refractivity contribution in [1.82, 2.24) is 5.32 Å². The second kappa shape index (κ2) is 9.53. The van der Waals surface area contributed by atoms with E-state index in [1.54, 1.807) is 0 Å². The van der Waals surface area contributed by atoms with Crippen LogP contribution in [0.4, 0.5) is 0 Å². The Morgan fingerprint density at radius 2 is 1.70 bits per heavy atom. The summed E-state index contributed by atoms with van der Waals surface area (Å²) in [5.41, 5.74) is -0.832. The van der Waals surface area contributed by atoms with E-state index in [9.17, 15) is 19.6 Å². The van der Waals surface area contributed by atoms with Crippen LogP contribution in [-0.4, -0.2) is 24.0 Å². The molecule has 5 aliphatic rings. The van der Waals surface area contributed by atoms with E-state index in [0.717, 1.165) is 38.5 Å². The number of rotatable bonds is 4. The van der Waals surface area contributed by atoms with Crippen LogP contribution in [0.15, 0.2) is 11.6 Å². The highest BCUT2D eigenvalue weighted by Crippen LogP contribution is 2.76. The molecule has 40 heavy (non-hydrogen) atoms. The zero-order valence-electron chi connectivity index (χ0n) is 26.3. The predicted octanol–water partition coefficient (Wildman–Crippen LogP) is 7.06. The third-order valence-corrected chi connectivity index (χ3v) is 14.2. The average Bonchev–Trinajstić information content (AvgIpc) is 2.89. The fourth-order valence-corrected chi connectivity index (χ4v) is 11.7. The van der Waals surface area contributed by atoms with Crippen LogP contribution in [0.2, 0.25) is 0 Å². The normalized spacial score (nSPS) is 47.5. The molecule has 0 heterocycles. The van der Waals surface area contributed by atoms with E-state index in [1.165, 1.54) is 6.42 Å². The summed E-state index contributed by atoms with van der Waals surface area (Å²) in [4.78, 5) is 40.6. The number of carbonyl (C=O) groups excluding carboxylic acids is 3. The summed E-state index contributed by atoms with van der Waals surface area (Å²) in [5, 5.41) is 13.0. The third kappa shape index (κ3) is 3.79. The fraction of sp³-hybridized carbons (Fsp3) is 0.829. The molecular formula is C35H52N2O3. The molecule has 10 atom stereocenters. The van der Waals surface area contributed by atoms with Crippen molar-refractivity contribution < 1.29 is 14.4 Å². The zero-order valence-corrected chi connectivity index (χ0v) is 26.3. The Balaban J connectivity index is 1.58. The van der Waals surface area contributed by atoms with E-state index in [1.807, 2.05) is 26.8 Å². The topological polar surface area (TPSA) is 87.0 Å². The lowest BCUT2D eigenvalue weighted by molar-refractivity contribution is -0.227. The SMILES string of the molecule is CCNC(=O)CC[C@]12CC[C@@H](C)[C@H](C)[C@H]1[C@H]1C(=O)CC3[C@@]4(C)C=C(C#N)C(=O)C(C)(C)[C@@H]4CC[C@@]3(C)[C@]1(C)CC2. The van der Waals surface area contributed by atoms with Crippen molar-refractivity contribution in [1.29, 1.82) is 5.26 Å². The molecule has 0 bridgehead atoms. The van der Waals surface area contributed by atoms with Gasteiger partial charge in [-0.2, -0.15) is 5.26 Å². The Morgan fingerprint density at radius 1 is 1.00 bits per heavy atom. The lowest BCUT2D eigenvalue weighted by atomic mass is 9.31. The highest BCUT2D eigenvalue weighted by molar-refractivity contribution is 6.04. The van der Waals surface area contributed by atoms with Crippen LogP contribution in [-0.2, 0) is 14.4 Å². The summed E-state index contributed by atoms with van der Waals surface area (Å²) in [5.74, 6) is 2.07. The van der Waals surface area contributed by atoms with E-state index in [-0.39, 0.29) is 56.7 Å². The van der Waals surface area contributed by atoms with Crippen LogP contribution in [0.5, 0.6) is 0 Å². The molecule has 0 saturated heterocycles. The molecule has 0 aromatic rings. The second-order valence-electron chi connectivity index (χ2n) is 15.9. The molecule has 1 unspecified atom stereocenters. The maximum atomic E-state index is 14.7. The van der Waals surface area contributed by atoms with Crippen molar-refractivity contribution in [3.05, 3.63) is 11.6 Å². The summed E-state index contributed by atoms with van der Waals surface area (Å²) < 4.78 is 0. The molecule has 0 aliphatic heterocycles. The highest BCUT2D eigenvalue weighted by atomic mass is 16.1.